The van der Waals surface area contributed by atoms with Gasteiger partial charge >= 0.3 is 0 Å². The molecule has 1 heterocycles. The maximum atomic E-state index is 2.40. The molecule has 116 valence electrons. The SMILES string of the molecule is CN1Cc2cc(c3ccccc3c2)-c2c(ccc3ccccc23)C1. The van der Waals surface area contributed by atoms with Crippen LogP contribution in [0.25, 0.3) is 32.7 Å². The Bertz CT molecular complexity index is 1080. The predicted octanol–water partition coefficient (Wildman–Crippen LogP) is 5.61. The highest BCUT2D eigenvalue weighted by molar-refractivity contribution is 6.07. The van der Waals surface area contributed by atoms with Crippen molar-refractivity contribution in [2.24, 2.45) is 0 Å². The first-order valence-electron chi connectivity index (χ1n) is 8.51. The van der Waals surface area contributed by atoms with Gasteiger partial charge in [0, 0.05) is 13.1 Å². The largest absolute Gasteiger partial charge is 0.298 e. The molecule has 0 saturated carbocycles. The zero-order valence-corrected chi connectivity index (χ0v) is 13.8. The Kier molecular flexibility index (Phi) is 2.97. The molecule has 0 spiro atoms. The van der Waals surface area contributed by atoms with Gasteiger partial charge in [0.2, 0.25) is 0 Å². The molecular formula is C23H19N. The van der Waals surface area contributed by atoms with Crippen LogP contribution in [0, 0.1) is 0 Å². The molecule has 0 radical (unpaired) electrons. The third-order valence-corrected chi connectivity index (χ3v) is 5.10. The summed E-state index contributed by atoms with van der Waals surface area (Å²) in [5, 5.41) is 5.35. The summed E-state index contributed by atoms with van der Waals surface area (Å²) in [6.45, 7) is 1.97. The van der Waals surface area contributed by atoms with E-state index in [0.717, 1.165) is 13.1 Å². The summed E-state index contributed by atoms with van der Waals surface area (Å²) >= 11 is 0. The van der Waals surface area contributed by atoms with Gasteiger partial charge in [0.1, 0.15) is 0 Å². The maximum absolute atomic E-state index is 2.40. The van der Waals surface area contributed by atoms with Crippen LogP contribution in [0.1, 0.15) is 11.1 Å². The molecular weight excluding hydrogens is 290 g/mol. The lowest BCUT2D eigenvalue weighted by molar-refractivity contribution is 0.319. The van der Waals surface area contributed by atoms with Crippen LogP contribution in [0.5, 0.6) is 0 Å². The Morgan fingerprint density at radius 1 is 0.708 bits per heavy atom. The topological polar surface area (TPSA) is 3.24 Å². The van der Waals surface area contributed by atoms with Crippen LogP contribution in [0.2, 0.25) is 0 Å². The van der Waals surface area contributed by atoms with Crippen LogP contribution < -0.4 is 0 Å². The first kappa shape index (κ1) is 13.8. The van der Waals surface area contributed by atoms with Gasteiger partial charge in [-0.1, -0.05) is 60.7 Å². The molecule has 24 heavy (non-hydrogen) atoms. The summed E-state index contributed by atoms with van der Waals surface area (Å²) in [4.78, 5) is 2.40. The van der Waals surface area contributed by atoms with Crippen molar-refractivity contribution < 1.29 is 0 Å². The van der Waals surface area contributed by atoms with Crippen LogP contribution in [-0.2, 0) is 13.1 Å². The molecule has 0 aliphatic carbocycles. The molecule has 0 fully saturated rings. The highest BCUT2D eigenvalue weighted by Gasteiger charge is 2.18. The van der Waals surface area contributed by atoms with Crippen molar-refractivity contribution in [1.29, 1.82) is 0 Å². The number of fused-ring (bicyclic) bond motifs is 8. The summed E-state index contributed by atoms with van der Waals surface area (Å²) in [6.07, 6.45) is 0. The van der Waals surface area contributed by atoms with E-state index in [2.05, 4.69) is 84.7 Å². The number of benzene rings is 4. The second-order valence-electron chi connectivity index (χ2n) is 6.86. The minimum Gasteiger partial charge on any atom is -0.298 e. The molecule has 0 aromatic heterocycles. The van der Waals surface area contributed by atoms with Crippen LogP contribution in [0.15, 0.2) is 72.8 Å². The Labute approximate surface area is 142 Å². The van der Waals surface area contributed by atoms with Crippen molar-refractivity contribution in [3.05, 3.63) is 83.9 Å². The second kappa shape index (κ2) is 5.19. The smallest absolute Gasteiger partial charge is 0.0240 e. The molecule has 1 aliphatic heterocycles. The monoisotopic (exact) mass is 309 g/mol. The Morgan fingerprint density at radius 3 is 2.33 bits per heavy atom. The predicted molar refractivity (Wildman–Crippen MR) is 102 cm³/mol. The first-order valence-corrected chi connectivity index (χ1v) is 8.51. The van der Waals surface area contributed by atoms with Crippen molar-refractivity contribution >= 4 is 21.5 Å². The van der Waals surface area contributed by atoms with Gasteiger partial charge in [0.25, 0.3) is 0 Å². The lowest BCUT2D eigenvalue weighted by Crippen LogP contribution is -2.19. The van der Waals surface area contributed by atoms with E-state index in [4.69, 9.17) is 0 Å². The van der Waals surface area contributed by atoms with E-state index in [-0.39, 0.29) is 0 Å². The first-order chi connectivity index (χ1) is 11.8. The fraction of sp³-hybridized carbons (Fsp3) is 0.130. The minimum absolute atomic E-state index is 0.983. The van der Waals surface area contributed by atoms with Crippen molar-refractivity contribution in [2.45, 2.75) is 13.1 Å². The summed E-state index contributed by atoms with van der Waals surface area (Å²) in [5.41, 5.74) is 5.59. The molecule has 0 N–H and O–H groups in total. The van der Waals surface area contributed by atoms with Crippen molar-refractivity contribution in [3.8, 4) is 11.1 Å². The number of rotatable bonds is 0. The quantitative estimate of drug-likeness (QED) is 0.408. The third-order valence-electron chi connectivity index (χ3n) is 5.10. The maximum Gasteiger partial charge on any atom is 0.0240 e. The molecule has 1 aliphatic rings. The van der Waals surface area contributed by atoms with Gasteiger partial charge in [-0.25, -0.2) is 0 Å². The van der Waals surface area contributed by atoms with Crippen LogP contribution in [0.4, 0.5) is 0 Å². The summed E-state index contributed by atoms with van der Waals surface area (Å²) in [5.74, 6) is 0. The van der Waals surface area contributed by atoms with Crippen molar-refractivity contribution in [2.75, 3.05) is 7.05 Å². The van der Waals surface area contributed by atoms with Gasteiger partial charge in [-0.3, -0.25) is 4.90 Å². The van der Waals surface area contributed by atoms with E-state index in [1.807, 2.05) is 0 Å². The van der Waals surface area contributed by atoms with Crippen LogP contribution >= 0.6 is 0 Å². The summed E-state index contributed by atoms with van der Waals surface area (Å²) in [6, 6.07) is 26.8. The highest BCUT2D eigenvalue weighted by Crippen LogP contribution is 2.39. The lowest BCUT2D eigenvalue weighted by Gasteiger charge is -2.25. The summed E-state index contributed by atoms with van der Waals surface area (Å²) < 4.78 is 0. The Hall–Kier alpha value is -2.64. The van der Waals surface area contributed by atoms with E-state index in [9.17, 15) is 0 Å². The van der Waals surface area contributed by atoms with E-state index in [0.29, 0.717) is 0 Å². The van der Waals surface area contributed by atoms with Gasteiger partial charge in [0.15, 0.2) is 0 Å². The van der Waals surface area contributed by atoms with Gasteiger partial charge in [-0.2, -0.15) is 0 Å². The van der Waals surface area contributed by atoms with E-state index in [1.165, 1.54) is 43.8 Å². The molecule has 5 rings (SSSR count). The zero-order chi connectivity index (χ0) is 16.1. The minimum atomic E-state index is 0.983. The fourth-order valence-electron chi connectivity index (χ4n) is 4.10. The normalized spacial score (nSPS) is 14.4. The van der Waals surface area contributed by atoms with E-state index >= 15 is 0 Å². The van der Waals surface area contributed by atoms with Gasteiger partial charge in [-0.15, -0.1) is 0 Å². The molecule has 1 heteroatoms. The molecule has 2 bridgehead atoms. The Balaban J connectivity index is 1.98. The van der Waals surface area contributed by atoms with Gasteiger partial charge in [-0.05, 0) is 63.0 Å². The van der Waals surface area contributed by atoms with E-state index < -0.39 is 0 Å². The van der Waals surface area contributed by atoms with Crippen molar-refractivity contribution in [3.63, 3.8) is 0 Å². The number of hydrogen-bond donors (Lipinski definition) is 0. The Morgan fingerprint density at radius 2 is 1.46 bits per heavy atom. The molecule has 4 aromatic carbocycles. The lowest BCUT2D eigenvalue weighted by atomic mass is 9.87. The molecule has 0 saturated heterocycles. The molecule has 0 amide bonds. The molecule has 4 aromatic rings. The molecule has 0 unspecified atom stereocenters. The van der Waals surface area contributed by atoms with Crippen LogP contribution in [0.3, 0.4) is 0 Å². The highest BCUT2D eigenvalue weighted by atomic mass is 15.1. The van der Waals surface area contributed by atoms with Gasteiger partial charge in [0.05, 0.1) is 0 Å². The average Bonchev–Trinajstić information content (AvgIpc) is 2.60. The third kappa shape index (κ3) is 2.05. The summed E-state index contributed by atoms with van der Waals surface area (Å²) in [7, 11) is 2.21. The molecule has 0 atom stereocenters. The average molecular weight is 309 g/mol. The number of nitrogens with zero attached hydrogens (tertiary/aromatic N) is 1. The fourth-order valence-corrected chi connectivity index (χ4v) is 4.10. The zero-order valence-electron chi connectivity index (χ0n) is 13.8. The molecule has 1 nitrogen and oxygen atoms in total. The standard InChI is InChI=1S/C23H19N/c1-24-14-16-12-18-7-3-4-8-20(18)22(13-16)23-19(15-24)11-10-17-6-2-5-9-21(17)23/h2-13H,14-15H2,1H3. The second-order valence-corrected chi connectivity index (χ2v) is 6.86. The van der Waals surface area contributed by atoms with Gasteiger partial charge < -0.3 is 0 Å². The van der Waals surface area contributed by atoms with Crippen molar-refractivity contribution in [1.82, 2.24) is 4.90 Å². The van der Waals surface area contributed by atoms with Crippen LogP contribution in [-0.4, -0.2) is 11.9 Å². The van der Waals surface area contributed by atoms with E-state index in [1.54, 1.807) is 0 Å². The number of hydrogen-bond acceptors (Lipinski definition) is 1.